The molecule has 0 unspecified atom stereocenters. The zero-order valence-electron chi connectivity index (χ0n) is 12.4. The van der Waals surface area contributed by atoms with E-state index in [0.29, 0.717) is 10.0 Å². The van der Waals surface area contributed by atoms with Crippen molar-refractivity contribution in [2.45, 2.75) is 25.9 Å². The van der Waals surface area contributed by atoms with Crippen LogP contribution in [0.2, 0.25) is 10.0 Å². The monoisotopic (exact) mass is 336 g/mol. The highest BCUT2D eigenvalue weighted by molar-refractivity contribution is 6.30. The molecule has 0 aliphatic carbocycles. The molecule has 22 heavy (non-hydrogen) atoms. The smallest absolute Gasteiger partial charge is 0.241 e. The summed E-state index contributed by atoms with van der Waals surface area (Å²) >= 11 is 11.7. The van der Waals surface area contributed by atoms with E-state index in [1.165, 1.54) is 0 Å². The van der Waals surface area contributed by atoms with Gasteiger partial charge in [0.15, 0.2) is 0 Å². The van der Waals surface area contributed by atoms with E-state index >= 15 is 0 Å². The van der Waals surface area contributed by atoms with E-state index in [2.05, 4.69) is 10.6 Å². The topological polar surface area (TPSA) is 41.1 Å². The fourth-order valence-corrected chi connectivity index (χ4v) is 2.33. The molecular formula is C17H18Cl2N2O. The quantitative estimate of drug-likeness (QED) is 0.832. The van der Waals surface area contributed by atoms with Crippen molar-refractivity contribution < 1.29 is 4.79 Å². The molecule has 0 bridgehead atoms. The number of rotatable bonds is 5. The number of halogens is 2. The number of carbonyl (C=O) groups is 1. The van der Waals surface area contributed by atoms with Gasteiger partial charge in [0.25, 0.3) is 0 Å². The number of amides is 1. The van der Waals surface area contributed by atoms with Crippen molar-refractivity contribution in [1.82, 2.24) is 5.32 Å². The zero-order valence-corrected chi connectivity index (χ0v) is 13.9. The summed E-state index contributed by atoms with van der Waals surface area (Å²) in [5.41, 5.74) is 1.80. The predicted octanol–water partition coefficient (Wildman–Crippen LogP) is 4.67. The second-order valence-corrected chi connectivity index (χ2v) is 6.03. The van der Waals surface area contributed by atoms with Crippen LogP contribution in [0.3, 0.4) is 0 Å². The molecule has 1 amide bonds. The number of benzene rings is 2. The molecule has 116 valence electrons. The molecular weight excluding hydrogens is 319 g/mol. The maximum absolute atomic E-state index is 12.2. The van der Waals surface area contributed by atoms with Crippen molar-refractivity contribution in [1.29, 1.82) is 0 Å². The van der Waals surface area contributed by atoms with Gasteiger partial charge in [-0.05, 0) is 55.8 Å². The molecule has 5 heteroatoms. The molecule has 2 rings (SSSR count). The summed E-state index contributed by atoms with van der Waals surface area (Å²) in [6, 6.07) is 14.3. The molecule has 0 radical (unpaired) electrons. The van der Waals surface area contributed by atoms with Gasteiger partial charge in [-0.3, -0.25) is 10.1 Å². The van der Waals surface area contributed by atoms with Gasteiger partial charge in [-0.15, -0.1) is 0 Å². The maximum atomic E-state index is 12.2. The fourth-order valence-electron chi connectivity index (χ4n) is 2.08. The van der Waals surface area contributed by atoms with Gasteiger partial charge >= 0.3 is 0 Å². The number of carbonyl (C=O) groups excluding carboxylic acids is 1. The third-order valence-corrected chi connectivity index (χ3v) is 3.88. The average Bonchev–Trinajstić information content (AvgIpc) is 2.50. The lowest BCUT2D eigenvalue weighted by Crippen LogP contribution is -2.39. The van der Waals surface area contributed by atoms with Gasteiger partial charge in [0.2, 0.25) is 5.91 Å². The van der Waals surface area contributed by atoms with Crippen LogP contribution in [0.4, 0.5) is 5.69 Å². The summed E-state index contributed by atoms with van der Waals surface area (Å²) in [4.78, 5) is 12.2. The Morgan fingerprint density at radius 1 is 0.909 bits per heavy atom. The average molecular weight is 337 g/mol. The SMILES string of the molecule is C[C@H](N[C@H](C)C(=O)Nc1ccc(Cl)cc1)c1ccc(Cl)cc1. The third-order valence-electron chi connectivity index (χ3n) is 3.38. The molecule has 2 N–H and O–H groups in total. The lowest BCUT2D eigenvalue weighted by molar-refractivity contribution is -0.117. The molecule has 3 nitrogen and oxygen atoms in total. The van der Waals surface area contributed by atoms with E-state index < -0.39 is 0 Å². The molecule has 0 aliphatic heterocycles. The minimum Gasteiger partial charge on any atom is -0.325 e. The van der Waals surface area contributed by atoms with Crippen LogP contribution < -0.4 is 10.6 Å². The molecule has 0 aromatic heterocycles. The number of anilines is 1. The lowest BCUT2D eigenvalue weighted by Gasteiger charge is -2.20. The maximum Gasteiger partial charge on any atom is 0.241 e. The van der Waals surface area contributed by atoms with Crippen LogP contribution in [0.15, 0.2) is 48.5 Å². The zero-order chi connectivity index (χ0) is 16.1. The van der Waals surface area contributed by atoms with Crippen molar-refractivity contribution in [3.63, 3.8) is 0 Å². The van der Waals surface area contributed by atoms with Crippen LogP contribution in [-0.2, 0) is 4.79 Å². The standard InChI is InChI=1S/C17H18Cl2N2O/c1-11(13-3-5-14(18)6-4-13)20-12(2)17(22)21-16-9-7-15(19)8-10-16/h3-12,20H,1-2H3,(H,21,22)/t11-,12+/m0/s1. The van der Waals surface area contributed by atoms with Crippen LogP contribution in [0, 0.1) is 0 Å². The van der Waals surface area contributed by atoms with Crippen LogP contribution >= 0.6 is 23.2 Å². The highest BCUT2D eigenvalue weighted by atomic mass is 35.5. The van der Waals surface area contributed by atoms with Crippen molar-refractivity contribution >= 4 is 34.8 Å². The van der Waals surface area contributed by atoms with Gasteiger partial charge in [-0.2, -0.15) is 0 Å². The first-order chi connectivity index (χ1) is 10.5. The molecule has 2 aromatic rings. The van der Waals surface area contributed by atoms with Crippen LogP contribution in [0.25, 0.3) is 0 Å². The number of hydrogen-bond donors (Lipinski definition) is 2. The molecule has 2 atom stereocenters. The van der Waals surface area contributed by atoms with Gasteiger partial charge in [0.1, 0.15) is 0 Å². The van der Waals surface area contributed by atoms with Gasteiger partial charge in [-0.25, -0.2) is 0 Å². The van der Waals surface area contributed by atoms with E-state index in [1.54, 1.807) is 24.3 Å². The Hall–Kier alpha value is -1.55. The van der Waals surface area contributed by atoms with Crippen molar-refractivity contribution in [2.24, 2.45) is 0 Å². The van der Waals surface area contributed by atoms with E-state index in [0.717, 1.165) is 11.3 Å². The van der Waals surface area contributed by atoms with Gasteiger partial charge < -0.3 is 5.32 Å². The summed E-state index contributed by atoms with van der Waals surface area (Å²) < 4.78 is 0. The molecule has 0 spiro atoms. The normalized spacial score (nSPS) is 13.5. The summed E-state index contributed by atoms with van der Waals surface area (Å²) in [5.74, 6) is -0.0943. The first-order valence-electron chi connectivity index (χ1n) is 7.03. The first kappa shape index (κ1) is 16.8. The van der Waals surface area contributed by atoms with Crippen LogP contribution in [0.1, 0.15) is 25.5 Å². The fraction of sp³-hybridized carbons (Fsp3) is 0.235. The van der Waals surface area contributed by atoms with E-state index in [-0.39, 0.29) is 18.0 Å². The van der Waals surface area contributed by atoms with Crippen molar-refractivity contribution in [2.75, 3.05) is 5.32 Å². The highest BCUT2D eigenvalue weighted by Crippen LogP contribution is 2.17. The van der Waals surface area contributed by atoms with Gasteiger partial charge in [-0.1, -0.05) is 35.3 Å². The number of hydrogen-bond acceptors (Lipinski definition) is 2. The van der Waals surface area contributed by atoms with Crippen molar-refractivity contribution in [3.05, 3.63) is 64.1 Å². The van der Waals surface area contributed by atoms with Crippen LogP contribution in [-0.4, -0.2) is 11.9 Å². The molecule has 0 saturated carbocycles. The molecule has 2 aromatic carbocycles. The Labute approximate surface area is 140 Å². The van der Waals surface area contributed by atoms with Crippen LogP contribution in [0.5, 0.6) is 0 Å². The molecule has 0 heterocycles. The minimum atomic E-state index is -0.332. The Morgan fingerprint density at radius 2 is 1.41 bits per heavy atom. The van der Waals surface area contributed by atoms with Gasteiger partial charge in [0, 0.05) is 21.8 Å². The minimum absolute atomic E-state index is 0.0447. The molecule has 0 aliphatic rings. The lowest BCUT2D eigenvalue weighted by atomic mass is 10.1. The number of nitrogens with one attached hydrogen (secondary N) is 2. The summed E-state index contributed by atoms with van der Waals surface area (Å²) in [6.45, 7) is 3.84. The predicted molar refractivity (Wildman–Crippen MR) is 92.5 cm³/mol. The summed E-state index contributed by atoms with van der Waals surface area (Å²) in [5, 5.41) is 7.46. The Bertz CT molecular complexity index is 626. The summed E-state index contributed by atoms with van der Waals surface area (Å²) in [7, 11) is 0. The van der Waals surface area contributed by atoms with E-state index in [9.17, 15) is 4.79 Å². The second-order valence-electron chi connectivity index (χ2n) is 5.16. The van der Waals surface area contributed by atoms with Crippen molar-refractivity contribution in [3.8, 4) is 0 Å². The second kappa shape index (κ2) is 7.63. The summed E-state index contributed by atoms with van der Waals surface area (Å²) in [6.07, 6.45) is 0. The van der Waals surface area contributed by atoms with E-state index in [1.807, 2.05) is 38.1 Å². The van der Waals surface area contributed by atoms with E-state index in [4.69, 9.17) is 23.2 Å². The van der Waals surface area contributed by atoms with Gasteiger partial charge in [0.05, 0.1) is 6.04 Å². The third kappa shape index (κ3) is 4.73. The Kier molecular flexibility index (Phi) is 5.83. The first-order valence-corrected chi connectivity index (χ1v) is 7.79. The molecule has 0 saturated heterocycles. The largest absolute Gasteiger partial charge is 0.325 e. The highest BCUT2D eigenvalue weighted by Gasteiger charge is 2.16. The Balaban J connectivity index is 1.93. The molecule has 0 fully saturated rings. The Morgan fingerprint density at radius 3 is 1.95 bits per heavy atom.